The monoisotopic (exact) mass is 311 g/mol. The van der Waals surface area contributed by atoms with Gasteiger partial charge in [-0.05, 0) is 29.5 Å². The molecular formula is C8H11NO6P2S. The van der Waals surface area contributed by atoms with Gasteiger partial charge in [-0.15, -0.1) is 12.6 Å². The highest BCUT2D eigenvalue weighted by molar-refractivity contribution is 7.81. The molecule has 5 N–H and O–H groups in total. The summed E-state index contributed by atoms with van der Waals surface area (Å²) >= 11 is 4.13. The minimum absolute atomic E-state index is 0.0945. The van der Waals surface area contributed by atoms with E-state index in [-0.39, 0.29) is 5.57 Å². The van der Waals surface area contributed by atoms with Gasteiger partial charge in [-0.2, -0.15) is 0 Å². The van der Waals surface area contributed by atoms with Gasteiger partial charge in [0.25, 0.3) is 0 Å². The maximum Gasteiger partial charge on any atom is 0.352 e. The van der Waals surface area contributed by atoms with Gasteiger partial charge in [-0.1, -0.05) is 6.08 Å². The molecule has 1 unspecified atom stereocenters. The van der Waals surface area contributed by atoms with Crippen molar-refractivity contribution in [2.45, 2.75) is 10.3 Å². The van der Waals surface area contributed by atoms with Crippen molar-refractivity contribution in [2.24, 2.45) is 0 Å². The molecule has 0 aromatic carbocycles. The maximum atomic E-state index is 11.6. The number of thiol groups is 1. The van der Waals surface area contributed by atoms with E-state index in [0.29, 0.717) is 5.57 Å². The van der Waals surface area contributed by atoms with Gasteiger partial charge >= 0.3 is 15.2 Å². The molecule has 7 nitrogen and oxygen atoms in total. The number of nitrogens with one attached hydrogen (secondary N) is 1. The second-order valence-electron chi connectivity index (χ2n) is 3.92. The van der Waals surface area contributed by atoms with Crippen molar-refractivity contribution in [3.05, 3.63) is 35.6 Å². The smallest absolute Gasteiger partial charge is 0.352 e. The standard InChI is InChI=1S/C8H11NO6P2S/c10-16(11,12)8(17(13,14)15)3-1-5-6(8)2-4-9-7(5)18/h1-4,7,9,18H,(H2,10,11,12)(H2,13,14,15). The Bertz CT molecular complexity index is 548. The zero-order valence-electron chi connectivity index (χ0n) is 8.83. The molecular weight excluding hydrogens is 300 g/mol. The second-order valence-corrected chi connectivity index (χ2v) is 8.38. The Balaban J connectivity index is 2.75. The van der Waals surface area contributed by atoms with E-state index in [1.165, 1.54) is 18.4 Å². The number of dihydropyridines is 1. The van der Waals surface area contributed by atoms with Gasteiger partial charge in [-0.25, -0.2) is 0 Å². The predicted octanol–water partition coefficient (Wildman–Crippen LogP) is 0.277. The molecule has 0 aromatic heterocycles. The molecule has 10 heteroatoms. The number of rotatable bonds is 2. The molecule has 2 rings (SSSR count). The van der Waals surface area contributed by atoms with Gasteiger partial charge < -0.3 is 24.9 Å². The van der Waals surface area contributed by atoms with Crippen molar-refractivity contribution in [1.82, 2.24) is 5.32 Å². The van der Waals surface area contributed by atoms with E-state index < -0.39 is 25.5 Å². The van der Waals surface area contributed by atoms with Crippen LogP contribution in [0.2, 0.25) is 0 Å². The molecule has 1 aliphatic carbocycles. The first-order chi connectivity index (χ1) is 8.11. The third-order valence-corrected chi connectivity index (χ3v) is 7.44. The molecule has 18 heavy (non-hydrogen) atoms. The summed E-state index contributed by atoms with van der Waals surface area (Å²) in [5.74, 6) is 0. The average Bonchev–Trinajstić information content (AvgIpc) is 2.57. The van der Waals surface area contributed by atoms with Crippen molar-refractivity contribution in [3.63, 3.8) is 0 Å². The summed E-state index contributed by atoms with van der Waals surface area (Å²) in [5, 5.41) is 2.19. The summed E-state index contributed by atoms with van der Waals surface area (Å²) in [5.41, 5.74) is 0.246. The van der Waals surface area contributed by atoms with Crippen LogP contribution in [0.4, 0.5) is 0 Å². The van der Waals surface area contributed by atoms with Gasteiger partial charge in [-0.3, -0.25) is 9.13 Å². The molecule has 0 radical (unpaired) electrons. The molecule has 0 bridgehead atoms. The van der Waals surface area contributed by atoms with Crippen LogP contribution in [0.3, 0.4) is 0 Å². The van der Waals surface area contributed by atoms with E-state index in [1.807, 2.05) is 0 Å². The van der Waals surface area contributed by atoms with E-state index >= 15 is 0 Å². The lowest BCUT2D eigenvalue weighted by Crippen LogP contribution is -2.31. The molecule has 1 aliphatic heterocycles. The fourth-order valence-corrected chi connectivity index (χ4v) is 5.29. The summed E-state index contributed by atoms with van der Waals surface area (Å²) in [7, 11) is -10.2. The SMILES string of the molecule is O=P(O)(O)C1(P(=O)(O)O)C=CC2=C1C=CNC2S. The number of allylic oxidation sites excluding steroid dienone is 3. The number of hydrogen-bond acceptors (Lipinski definition) is 4. The Morgan fingerprint density at radius 2 is 1.72 bits per heavy atom. The van der Waals surface area contributed by atoms with Crippen LogP contribution in [0, 0.1) is 0 Å². The van der Waals surface area contributed by atoms with Crippen molar-refractivity contribution < 1.29 is 28.7 Å². The van der Waals surface area contributed by atoms with Crippen LogP contribution in [0.25, 0.3) is 0 Å². The van der Waals surface area contributed by atoms with E-state index in [9.17, 15) is 28.7 Å². The van der Waals surface area contributed by atoms with Gasteiger partial charge in [0.2, 0.25) is 4.90 Å². The molecule has 2 aliphatic rings. The van der Waals surface area contributed by atoms with E-state index in [1.54, 1.807) is 0 Å². The first kappa shape index (κ1) is 14.1. The molecule has 0 fully saturated rings. The van der Waals surface area contributed by atoms with Crippen molar-refractivity contribution >= 4 is 27.8 Å². The lowest BCUT2D eigenvalue weighted by molar-refractivity contribution is 0.331. The van der Waals surface area contributed by atoms with Crippen molar-refractivity contribution in [3.8, 4) is 0 Å². The van der Waals surface area contributed by atoms with Crippen LogP contribution >= 0.6 is 27.8 Å². The van der Waals surface area contributed by atoms with E-state index in [2.05, 4.69) is 17.9 Å². The highest BCUT2D eigenvalue weighted by Gasteiger charge is 2.63. The maximum absolute atomic E-state index is 11.6. The molecule has 0 amide bonds. The van der Waals surface area contributed by atoms with Gasteiger partial charge in [0.1, 0.15) is 0 Å². The Hall–Kier alpha value is -0.330. The van der Waals surface area contributed by atoms with E-state index in [0.717, 1.165) is 6.08 Å². The first-order valence-corrected chi connectivity index (χ1v) is 8.51. The zero-order valence-corrected chi connectivity index (χ0v) is 11.5. The summed E-state index contributed by atoms with van der Waals surface area (Å²) in [6.07, 6.45) is 4.76. The quantitative estimate of drug-likeness (QED) is 0.319. The lowest BCUT2D eigenvalue weighted by Gasteiger charge is -2.32. The molecule has 0 saturated carbocycles. The van der Waals surface area contributed by atoms with Crippen LogP contribution in [-0.2, 0) is 9.13 Å². The van der Waals surface area contributed by atoms with Crippen molar-refractivity contribution in [1.29, 1.82) is 0 Å². The minimum atomic E-state index is -5.10. The van der Waals surface area contributed by atoms with Crippen LogP contribution < -0.4 is 5.32 Å². The Labute approximate surface area is 108 Å². The topological polar surface area (TPSA) is 127 Å². The van der Waals surface area contributed by atoms with Gasteiger partial charge in [0.15, 0.2) is 0 Å². The minimum Gasteiger partial charge on any atom is -0.376 e. The number of hydrogen-bond donors (Lipinski definition) is 6. The second kappa shape index (κ2) is 4.08. The van der Waals surface area contributed by atoms with Crippen LogP contribution in [0.1, 0.15) is 0 Å². The Morgan fingerprint density at radius 1 is 1.17 bits per heavy atom. The van der Waals surface area contributed by atoms with Gasteiger partial charge in [0.05, 0.1) is 5.37 Å². The van der Waals surface area contributed by atoms with Crippen LogP contribution in [-0.4, -0.2) is 29.8 Å². The third kappa shape index (κ3) is 1.77. The van der Waals surface area contributed by atoms with Crippen molar-refractivity contribution in [2.75, 3.05) is 0 Å². The molecule has 1 atom stereocenters. The Kier molecular flexibility index (Phi) is 3.19. The van der Waals surface area contributed by atoms with Crippen LogP contribution in [0.5, 0.6) is 0 Å². The summed E-state index contributed by atoms with van der Waals surface area (Å²) in [4.78, 5) is 34.9. The first-order valence-electron chi connectivity index (χ1n) is 4.77. The molecule has 100 valence electrons. The molecule has 0 spiro atoms. The zero-order chi connectivity index (χ0) is 13.8. The summed E-state index contributed by atoms with van der Waals surface area (Å²) in [6.45, 7) is 0. The fourth-order valence-electron chi connectivity index (χ4n) is 2.05. The predicted molar refractivity (Wildman–Crippen MR) is 68.0 cm³/mol. The molecule has 0 aromatic rings. The molecule has 1 heterocycles. The van der Waals surface area contributed by atoms with Gasteiger partial charge in [0, 0.05) is 0 Å². The fraction of sp³-hybridized carbons (Fsp3) is 0.250. The lowest BCUT2D eigenvalue weighted by atomic mass is 10.1. The Morgan fingerprint density at radius 3 is 2.22 bits per heavy atom. The highest BCUT2D eigenvalue weighted by Crippen LogP contribution is 2.75. The molecule has 0 saturated heterocycles. The van der Waals surface area contributed by atoms with E-state index in [4.69, 9.17) is 0 Å². The summed E-state index contributed by atoms with van der Waals surface area (Å²) in [6, 6.07) is 0. The average molecular weight is 311 g/mol. The summed E-state index contributed by atoms with van der Waals surface area (Å²) < 4.78 is 23.2. The highest BCUT2D eigenvalue weighted by atomic mass is 32.1. The third-order valence-electron chi connectivity index (χ3n) is 2.89. The largest absolute Gasteiger partial charge is 0.376 e. The van der Waals surface area contributed by atoms with Crippen LogP contribution in [0.15, 0.2) is 35.6 Å². The normalized spacial score (nSPS) is 26.2.